The highest BCUT2D eigenvalue weighted by Crippen LogP contribution is 2.33. The van der Waals surface area contributed by atoms with Crippen LogP contribution in [0.15, 0.2) is 34.9 Å². The van der Waals surface area contributed by atoms with E-state index in [0.717, 1.165) is 19.3 Å². The van der Waals surface area contributed by atoms with Crippen molar-refractivity contribution in [2.75, 3.05) is 0 Å². The van der Waals surface area contributed by atoms with E-state index in [-0.39, 0.29) is 11.4 Å². The predicted octanol–water partition coefficient (Wildman–Crippen LogP) is 4.81. The number of carbonyl (C=O) groups is 2. The Balaban J connectivity index is 3.18. The van der Waals surface area contributed by atoms with Gasteiger partial charge in [0.2, 0.25) is 0 Å². The highest BCUT2D eigenvalue weighted by Gasteiger charge is 2.32. The lowest BCUT2D eigenvalue weighted by Crippen LogP contribution is -2.33. The number of rotatable bonds is 3. The number of carboxylic acids is 1. The minimum absolute atomic E-state index is 0.310. The largest absolute Gasteiger partial charge is 0.478 e. The zero-order valence-corrected chi connectivity index (χ0v) is 15.5. The molecule has 0 bridgehead atoms. The van der Waals surface area contributed by atoms with E-state index in [1.807, 2.05) is 13.8 Å². The number of hydrogen-bond donors (Lipinski definition) is 1. The molecule has 0 radical (unpaired) electrons. The van der Waals surface area contributed by atoms with Crippen LogP contribution in [0.4, 0.5) is 0 Å². The number of esters is 1. The van der Waals surface area contributed by atoms with Crippen molar-refractivity contribution >= 4 is 11.9 Å². The third-order valence-corrected chi connectivity index (χ3v) is 4.69. The van der Waals surface area contributed by atoms with Crippen LogP contribution in [0.5, 0.6) is 0 Å². The van der Waals surface area contributed by atoms with E-state index >= 15 is 0 Å². The van der Waals surface area contributed by atoms with Crippen LogP contribution < -0.4 is 0 Å². The molecule has 4 heteroatoms. The smallest absolute Gasteiger partial charge is 0.333 e. The SMILES string of the molecule is CC=C(C)C(=O)OC1C=C(C(=O)O)CCC=C(C)CCCC1(C)C. The fraction of sp³-hybridized carbons (Fsp3) is 0.600. The van der Waals surface area contributed by atoms with Crippen LogP contribution in [0.3, 0.4) is 0 Å². The molecule has 1 aliphatic rings. The van der Waals surface area contributed by atoms with E-state index in [1.165, 1.54) is 5.57 Å². The van der Waals surface area contributed by atoms with E-state index in [2.05, 4.69) is 13.0 Å². The minimum atomic E-state index is -0.945. The Morgan fingerprint density at radius 2 is 2.00 bits per heavy atom. The lowest BCUT2D eigenvalue weighted by molar-refractivity contribution is -0.147. The van der Waals surface area contributed by atoms with Crippen molar-refractivity contribution in [2.24, 2.45) is 5.41 Å². The first-order valence-corrected chi connectivity index (χ1v) is 8.61. The summed E-state index contributed by atoms with van der Waals surface area (Å²) in [5, 5.41) is 9.49. The van der Waals surface area contributed by atoms with Crippen molar-refractivity contribution < 1.29 is 19.4 Å². The molecule has 0 fully saturated rings. The Kier molecular flexibility index (Phi) is 7.46. The average molecular weight is 334 g/mol. The van der Waals surface area contributed by atoms with Gasteiger partial charge in [-0.2, -0.15) is 0 Å². The van der Waals surface area contributed by atoms with Gasteiger partial charge in [-0.25, -0.2) is 9.59 Å². The zero-order chi connectivity index (χ0) is 18.3. The summed E-state index contributed by atoms with van der Waals surface area (Å²) in [6, 6.07) is 0. The quantitative estimate of drug-likeness (QED) is 0.457. The maximum Gasteiger partial charge on any atom is 0.333 e. The third kappa shape index (κ3) is 5.99. The predicted molar refractivity (Wildman–Crippen MR) is 95.7 cm³/mol. The Labute approximate surface area is 145 Å². The van der Waals surface area contributed by atoms with E-state index in [1.54, 1.807) is 26.0 Å². The zero-order valence-electron chi connectivity index (χ0n) is 15.5. The summed E-state index contributed by atoms with van der Waals surface area (Å²) in [4.78, 5) is 23.8. The maximum absolute atomic E-state index is 12.2. The number of ether oxygens (including phenoxy) is 1. The van der Waals surface area contributed by atoms with Crippen LogP contribution in [-0.4, -0.2) is 23.1 Å². The molecule has 0 heterocycles. The molecule has 0 amide bonds. The summed E-state index contributed by atoms with van der Waals surface area (Å²) in [5.74, 6) is -1.33. The third-order valence-electron chi connectivity index (χ3n) is 4.69. The van der Waals surface area contributed by atoms with E-state index in [0.29, 0.717) is 24.0 Å². The highest BCUT2D eigenvalue weighted by molar-refractivity contribution is 5.88. The first-order valence-electron chi connectivity index (χ1n) is 8.61. The Bertz CT molecular complexity index is 564. The maximum atomic E-state index is 12.2. The van der Waals surface area contributed by atoms with Crippen molar-refractivity contribution in [1.29, 1.82) is 0 Å². The summed E-state index contributed by atoms with van der Waals surface area (Å²) in [6.45, 7) is 9.63. The monoisotopic (exact) mass is 334 g/mol. The van der Waals surface area contributed by atoms with Crippen LogP contribution in [0.2, 0.25) is 0 Å². The van der Waals surface area contributed by atoms with Crippen LogP contribution in [0, 0.1) is 5.41 Å². The first-order chi connectivity index (χ1) is 11.2. The van der Waals surface area contributed by atoms with Gasteiger partial charge < -0.3 is 9.84 Å². The van der Waals surface area contributed by atoms with Crippen LogP contribution >= 0.6 is 0 Å². The molecule has 0 aromatic heterocycles. The van der Waals surface area contributed by atoms with Gasteiger partial charge in [-0.05, 0) is 59.0 Å². The lowest BCUT2D eigenvalue weighted by Gasteiger charge is -2.32. The van der Waals surface area contributed by atoms with Gasteiger partial charge in [0, 0.05) is 16.6 Å². The second-order valence-electron chi connectivity index (χ2n) is 7.23. The number of hydrogen-bond acceptors (Lipinski definition) is 3. The summed E-state index contributed by atoms with van der Waals surface area (Å²) < 4.78 is 5.68. The molecule has 0 aromatic carbocycles. The molecule has 1 N–H and O–H groups in total. The molecule has 1 aliphatic carbocycles. The van der Waals surface area contributed by atoms with Gasteiger partial charge in [0.1, 0.15) is 6.10 Å². The standard InChI is InChI=1S/C20H30O4/c1-6-15(3)19(23)24-17-13-16(18(21)22)11-7-9-14(2)10-8-12-20(17,4)5/h6,9,13,17H,7-8,10-12H2,1-5H3,(H,21,22). The molecule has 1 unspecified atom stereocenters. The molecule has 24 heavy (non-hydrogen) atoms. The van der Waals surface area contributed by atoms with Gasteiger partial charge >= 0.3 is 11.9 Å². The summed E-state index contributed by atoms with van der Waals surface area (Å²) in [6.07, 6.45) is 8.87. The summed E-state index contributed by atoms with van der Waals surface area (Å²) >= 11 is 0. The molecule has 0 saturated carbocycles. The van der Waals surface area contributed by atoms with Crippen molar-refractivity contribution in [3.63, 3.8) is 0 Å². The molecule has 0 saturated heterocycles. The Hall–Kier alpha value is -1.84. The lowest BCUT2D eigenvalue weighted by atomic mass is 9.80. The minimum Gasteiger partial charge on any atom is -0.478 e. The fourth-order valence-electron chi connectivity index (χ4n) is 2.73. The molecule has 0 spiro atoms. The van der Waals surface area contributed by atoms with Crippen LogP contribution in [-0.2, 0) is 14.3 Å². The van der Waals surface area contributed by atoms with Gasteiger partial charge in [-0.3, -0.25) is 0 Å². The number of allylic oxidation sites excluding steroid dienone is 3. The van der Waals surface area contributed by atoms with Crippen molar-refractivity contribution in [1.82, 2.24) is 0 Å². The second kappa shape index (κ2) is 8.86. The highest BCUT2D eigenvalue weighted by atomic mass is 16.5. The normalized spacial score (nSPS) is 22.7. The first kappa shape index (κ1) is 20.2. The molecule has 134 valence electrons. The van der Waals surface area contributed by atoms with Gasteiger partial charge in [0.25, 0.3) is 0 Å². The number of carbonyl (C=O) groups excluding carboxylic acids is 1. The van der Waals surface area contributed by atoms with Gasteiger partial charge in [-0.1, -0.05) is 31.6 Å². The van der Waals surface area contributed by atoms with Gasteiger partial charge in [0.05, 0.1) is 0 Å². The molecular weight excluding hydrogens is 304 g/mol. The second-order valence-corrected chi connectivity index (χ2v) is 7.23. The molecule has 1 atom stereocenters. The van der Waals surface area contributed by atoms with Crippen LogP contribution in [0.25, 0.3) is 0 Å². The topological polar surface area (TPSA) is 63.6 Å². The van der Waals surface area contributed by atoms with Crippen LogP contribution in [0.1, 0.15) is 66.7 Å². The van der Waals surface area contributed by atoms with E-state index in [4.69, 9.17) is 4.74 Å². The molecule has 1 rings (SSSR count). The Morgan fingerprint density at radius 1 is 1.33 bits per heavy atom. The number of carboxylic acid groups (broad SMARTS) is 1. The molecular formula is C20H30O4. The molecule has 0 aliphatic heterocycles. The number of aliphatic carboxylic acids is 1. The fourth-order valence-corrected chi connectivity index (χ4v) is 2.73. The van der Waals surface area contributed by atoms with Gasteiger partial charge in [-0.15, -0.1) is 0 Å². The molecule has 4 nitrogen and oxygen atoms in total. The average Bonchev–Trinajstić information content (AvgIpc) is 2.52. The van der Waals surface area contributed by atoms with Crippen molar-refractivity contribution in [3.05, 3.63) is 34.9 Å². The summed E-state index contributed by atoms with van der Waals surface area (Å²) in [5.41, 5.74) is 1.80. The van der Waals surface area contributed by atoms with E-state index in [9.17, 15) is 14.7 Å². The molecule has 0 aromatic rings. The van der Waals surface area contributed by atoms with Gasteiger partial charge in [0.15, 0.2) is 0 Å². The Morgan fingerprint density at radius 3 is 2.58 bits per heavy atom. The summed E-state index contributed by atoms with van der Waals surface area (Å²) in [7, 11) is 0. The van der Waals surface area contributed by atoms with E-state index < -0.39 is 12.1 Å². The van der Waals surface area contributed by atoms with Crippen molar-refractivity contribution in [3.8, 4) is 0 Å². The van der Waals surface area contributed by atoms with Crippen molar-refractivity contribution in [2.45, 2.75) is 72.8 Å².